The maximum Gasteiger partial charge on any atom is 0.178 e. The van der Waals surface area contributed by atoms with E-state index in [-0.39, 0.29) is 6.61 Å². The molecule has 0 aromatic heterocycles. The quantitative estimate of drug-likeness (QED) is 0.623. The molecule has 2 aromatic rings. The molecule has 2 aromatic carbocycles. The van der Waals surface area contributed by atoms with E-state index in [0.29, 0.717) is 11.1 Å². The van der Waals surface area contributed by atoms with Crippen LogP contribution in [0.15, 0.2) is 54.6 Å². The van der Waals surface area contributed by atoms with Gasteiger partial charge in [0.25, 0.3) is 0 Å². The van der Waals surface area contributed by atoms with E-state index < -0.39 is 18.3 Å². The van der Waals surface area contributed by atoms with Crippen LogP contribution in [-0.2, 0) is 0 Å². The van der Waals surface area contributed by atoms with Crippen molar-refractivity contribution in [2.24, 2.45) is 0 Å². The van der Waals surface area contributed by atoms with E-state index in [9.17, 15) is 10.2 Å². The molecule has 0 spiro atoms. The van der Waals surface area contributed by atoms with Crippen LogP contribution in [-0.4, -0.2) is 27.0 Å². The molecule has 0 fully saturated rings. The van der Waals surface area contributed by atoms with E-state index in [0.717, 1.165) is 5.56 Å². The van der Waals surface area contributed by atoms with E-state index in [1.165, 1.54) is 0 Å². The topological polar surface area (TPSA) is 80.9 Å². The van der Waals surface area contributed by atoms with E-state index >= 15 is 0 Å². The molecule has 4 heteroatoms. The van der Waals surface area contributed by atoms with Crippen molar-refractivity contribution in [3.63, 3.8) is 0 Å². The highest BCUT2D eigenvalue weighted by Crippen LogP contribution is 2.30. The molecule has 2 unspecified atom stereocenters. The van der Waals surface area contributed by atoms with Gasteiger partial charge in [0.1, 0.15) is 0 Å². The fourth-order valence-electron chi connectivity index (χ4n) is 2.19. The lowest BCUT2D eigenvalue weighted by atomic mass is 9.89. The van der Waals surface area contributed by atoms with Crippen LogP contribution in [0.3, 0.4) is 0 Å². The van der Waals surface area contributed by atoms with Crippen molar-refractivity contribution < 1.29 is 20.4 Å². The molecule has 4 nitrogen and oxygen atoms in total. The minimum absolute atomic E-state index is 0.171. The summed E-state index contributed by atoms with van der Waals surface area (Å²) in [7, 11) is 0. The number of aliphatic hydroxyl groups is 4. The number of rotatable bonds is 5. The van der Waals surface area contributed by atoms with Gasteiger partial charge in [-0.05, 0) is 11.1 Å². The smallest absolute Gasteiger partial charge is 0.178 e. The Bertz CT molecular complexity index is 522. The first-order chi connectivity index (χ1) is 9.63. The number of hydrogen-bond donors (Lipinski definition) is 4. The molecule has 0 bridgehead atoms. The summed E-state index contributed by atoms with van der Waals surface area (Å²) in [6.45, 7) is -0.171. The molecule has 0 amide bonds. The van der Waals surface area contributed by atoms with Crippen molar-refractivity contribution in [1.29, 1.82) is 0 Å². The van der Waals surface area contributed by atoms with Crippen molar-refractivity contribution in [1.82, 2.24) is 0 Å². The molecule has 4 N–H and O–H groups in total. The molecule has 0 radical (unpaired) electrons. The lowest BCUT2D eigenvalue weighted by molar-refractivity contribution is -0.0425. The second kappa shape index (κ2) is 6.63. The monoisotopic (exact) mass is 274 g/mol. The lowest BCUT2D eigenvalue weighted by Gasteiger charge is -2.22. The Hall–Kier alpha value is -1.72. The van der Waals surface area contributed by atoms with Crippen LogP contribution in [0.5, 0.6) is 0 Å². The van der Waals surface area contributed by atoms with Gasteiger partial charge in [0.05, 0.1) is 12.7 Å². The van der Waals surface area contributed by atoms with Gasteiger partial charge in [0, 0.05) is 11.5 Å². The molecule has 20 heavy (non-hydrogen) atoms. The number of hydrogen-bond acceptors (Lipinski definition) is 4. The van der Waals surface area contributed by atoms with E-state index in [2.05, 4.69) is 0 Å². The van der Waals surface area contributed by atoms with E-state index in [1.54, 1.807) is 24.3 Å². The summed E-state index contributed by atoms with van der Waals surface area (Å²) in [5.41, 5.74) is 1.84. The first kappa shape index (κ1) is 14.7. The first-order valence-corrected chi connectivity index (χ1v) is 6.43. The van der Waals surface area contributed by atoms with Crippen molar-refractivity contribution in [2.75, 3.05) is 6.61 Å². The predicted molar refractivity (Wildman–Crippen MR) is 74.8 cm³/mol. The minimum Gasteiger partial charge on any atom is -0.396 e. The van der Waals surface area contributed by atoms with Crippen molar-refractivity contribution >= 4 is 0 Å². The standard InChI is InChI=1S/C16H18O4/c17-10-14(11-4-2-1-3-5-11)15(18)12-6-8-13(9-7-12)16(19)20/h1-9,14-20H,10H2. The minimum atomic E-state index is -1.52. The number of benzene rings is 2. The largest absolute Gasteiger partial charge is 0.396 e. The summed E-state index contributed by atoms with van der Waals surface area (Å²) in [6.07, 6.45) is -2.38. The van der Waals surface area contributed by atoms with Crippen molar-refractivity contribution in [3.8, 4) is 0 Å². The first-order valence-electron chi connectivity index (χ1n) is 6.43. The SMILES string of the molecule is OCC(c1ccccc1)C(O)c1ccc(C(O)O)cc1. The molecule has 0 aliphatic carbocycles. The average molecular weight is 274 g/mol. The molecule has 0 saturated heterocycles. The van der Waals surface area contributed by atoms with Crippen molar-refractivity contribution in [2.45, 2.75) is 18.3 Å². The summed E-state index contributed by atoms with van der Waals surface area (Å²) < 4.78 is 0. The number of aliphatic hydroxyl groups excluding tert-OH is 3. The summed E-state index contributed by atoms with van der Waals surface area (Å²) >= 11 is 0. The second-order valence-corrected chi connectivity index (χ2v) is 4.68. The predicted octanol–water partition coefficient (Wildman–Crippen LogP) is 1.48. The fourth-order valence-corrected chi connectivity index (χ4v) is 2.19. The maximum absolute atomic E-state index is 10.4. The highest BCUT2D eigenvalue weighted by atomic mass is 16.5. The molecule has 0 saturated carbocycles. The van der Waals surface area contributed by atoms with Crippen LogP contribution in [0.1, 0.15) is 35.0 Å². The molecule has 0 heterocycles. The summed E-state index contributed by atoms with van der Waals surface area (Å²) in [6, 6.07) is 15.7. The molecular formula is C16H18O4. The zero-order valence-corrected chi connectivity index (χ0v) is 10.9. The average Bonchev–Trinajstić information content (AvgIpc) is 2.49. The summed E-state index contributed by atoms with van der Waals surface area (Å²) in [4.78, 5) is 0. The molecule has 0 aliphatic rings. The van der Waals surface area contributed by atoms with Crippen LogP contribution in [0.2, 0.25) is 0 Å². The van der Waals surface area contributed by atoms with Crippen LogP contribution in [0.4, 0.5) is 0 Å². The second-order valence-electron chi connectivity index (χ2n) is 4.68. The third-order valence-corrected chi connectivity index (χ3v) is 3.38. The van der Waals surface area contributed by atoms with Gasteiger partial charge >= 0.3 is 0 Å². The third kappa shape index (κ3) is 3.23. The summed E-state index contributed by atoms with van der Waals surface area (Å²) in [5, 5.41) is 38.0. The van der Waals surface area contributed by atoms with Crippen molar-refractivity contribution in [3.05, 3.63) is 71.3 Å². The normalized spacial score (nSPS) is 14.2. The van der Waals surface area contributed by atoms with E-state index in [1.807, 2.05) is 30.3 Å². The van der Waals surface area contributed by atoms with Crippen LogP contribution in [0, 0.1) is 0 Å². The Balaban J connectivity index is 2.22. The van der Waals surface area contributed by atoms with Gasteiger partial charge in [0.15, 0.2) is 6.29 Å². The lowest BCUT2D eigenvalue weighted by Crippen LogP contribution is -2.15. The van der Waals surface area contributed by atoms with Gasteiger partial charge in [-0.1, -0.05) is 54.6 Å². The Kier molecular flexibility index (Phi) is 4.87. The molecule has 106 valence electrons. The highest BCUT2D eigenvalue weighted by molar-refractivity contribution is 5.29. The van der Waals surface area contributed by atoms with Crippen LogP contribution < -0.4 is 0 Å². The maximum atomic E-state index is 10.4. The van der Waals surface area contributed by atoms with Gasteiger partial charge in [-0.2, -0.15) is 0 Å². The Morgan fingerprint density at radius 1 is 0.700 bits per heavy atom. The molecule has 2 atom stereocenters. The Labute approximate surface area is 117 Å². The molecule has 2 rings (SSSR count). The van der Waals surface area contributed by atoms with Gasteiger partial charge in [0.2, 0.25) is 0 Å². The zero-order valence-electron chi connectivity index (χ0n) is 10.9. The van der Waals surface area contributed by atoms with E-state index in [4.69, 9.17) is 10.2 Å². The summed E-state index contributed by atoms with van der Waals surface area (Å²) in [5.74, 6) is -0.416. The Morgan fingerprint density at radius 3 is 1.75 bits per heavy atom. The molecular weight excluding hydrogens is 256 g/mol. The fraction of sp³-hybridized carbons (Fsp3) is 0.250. The van der Waals surface area contributed by atoms with Crippen LogP contribution in [0.25, 0.3) is 0 Å². The van der Waals surface area contributed by atoms with Gasteiger partial charge in [-0.15, -0.1) is 0 Å². The zero-order chi connectivity index (χ0) is 14.5. The third-order valence-electron chi connectivity index (χ3n) is 3.38. The van der Waals surface area contributed by atoms with Gasteiger partial charge in [-0.25, -0.2) is 0 Å². The highest BCUT2D eigenvalue weighted by Gasteiger charge is 2.22. The Morgan fingerprint density at radius 2 is 1.25 bits per heavy atom. The van der Waals surface area contributed by atoms with Gasteiger partial charge < -0.3 is 20.4 Å². The van der Waals surface area contributed by atoms with Crippen LogP contribution >= 0.6 is 0 Å². The van der Waals surface area contributed by atoms with Gasteiger partial charge in [-0.3, -0.25) is 0 Å². The molecule has 0 aliphatic heterocycles.